The Labute approximate surface area is 197 Å². The van der Waals surface area contributed by atoms with Gasteiger partial charge in [0.15, 0.2) is 5.82 Å². The van der Waals surface area contributed by atoms with Crippen molar-refractivity contribution in [3.8, 4) is 33.9 Å². The van der Waals surface area contributed by atoms with Gasteiger partial charge in [-0.05, 0) is 39.7 Å². The van der Waals surface area contributed by atoms with E-state index in [1.165, 1.54) is 16.2 Å². The van der Waals surface area contributed by atoms with Gasteiger partial charge in [0.25, 0.3) is 0 Å². The molecule has 5 aromatic carbocycles. The van der Waals surface area contributed by atoms with Crippen LogP contribution in [0.1, 0.15) is 0 Å². The van der Waals surface area contributed by atoms with Gasteiger partial charge >= 0.3 is 0 Å². The summed E-state index contributed by atoms with van der Waals surface area (Å²) < 4.78 is 0. The summed E-state index contributed by atoms with van der Waals surface area (Å²) in [6.45, 7) is 0. The Bertz CT molecular complexity index is 1530. The fourth-order valence-electron chi connectivity index (χ4n) is 4.37. The lowest BCUT2D eigenvalue weighted by Gasteiger charge is -2.12. The fraction of sp³-hybridized carbons (Fsp3) is 0. The molecule has 0 bridgehead atoms. The van der Waals surface area contributed by atoms with E-state index in [2.05, 4.69) is 91.0 Å². The predicted molar refractivity (Wildman–Crippen MR) is 138 cm³/mol. The third kappa shape index (κ3) is 3.65. The summed E-state index contributed by atoms with van der Waals surface area (Å²) in [6, 6.07) is 39.2. The molecule has 0 atom stereocenters. The van der Waals surface area contributed by atoms with Gasteiger partial charge in [0.2, 0.25) is 0 Å². The largest absolute Gasteiger partial charge is 0.228 e. The minimum absolute atomic E-state index is 0.685. The van der Waals surface area contributed by atoms with Crippen LogP contribution in [0, 0.1) is 0 Å². The number of rotatable bonds is 3. The zero-order valence-corrected chi connectivity index (χ0v) is 18.5. The molecule has 0 aliphatic heterocycles. The molecular weight excluding hydrogens is 424 g/mol. The smallest absolute Gasteiger partial charge is 0.161 e. The number of aromatic nitrogens is 2. The Hall–Kier alpha value is -4.01. The highest BCUT2D eigenvalue weighted by atomic mass is 35.5. The summed E-state index contributed by atoms with van der Waals surface area (Å²) in [5, 5.41) is 5.33. The van der Waals surface area contributed by atoms with Crippen LogP contribution in [-0.4, -0.2) is 9.97 Å². The molecule has 0 unspecified atom stereocenters. The summed E-state index contributed by atoms with van der Waals surface area (Å²) in [7, 11) is 0. The second kappa shape index (κ2) is 8.16. The van der Waals surface area contributed by atoms with Crippen LogP contribution >= 0.6 is 11.6 Å². The Morgan fingerprint density at radius 3 is 1.79 bits per heavy atom. The van der Waals surface area contributed by atoms with Crippen LogP contribution in [-0.2, 0) is 0 Å². The van der Waals surface area contributed by atoms with Crippen LogP contribution in [0.25, 0.3) is 55.4 Å². The monoisotopic (exact) mass is 442 g/mol. The van der Waals surface area contributed by atoms with Crippen LogP contribution in [0.15, 0.2) is 115 Å². The molecule has 2 nitrogen and oxygen atoms in total. The van der Waals surface area contributed by atoms with Gasteiger partial charge in [-0.3, -0.25) is 0 Å². The fourth-order valence-corrected chi connectivity index (χ4v) is 4.56. The molecule has 156 valence electrons. The first-order chi connectivity index (χ1) is 16.3. The van der Waals surface area contributed by atoms with Crippen LogP contribution in [0.2, 0.25) is 5.02 Å². The molecule has 0 amide bonds. The van der Waals surface area contributed by atoms with Crippen molar-refractivity contribution in [2.75, 3.05) is 0 Å². The van der Waals surface area contributed by atoms with E-state index in [-0.39, 0.29) is 0 Å². The van der Waals surface area contributed by atoms with E-state index in [0.717, 1.165) is 33.5 Å². The summed E-state index contributed by atoms with van der Waals surface area (Å²) in [5.41, 5.74) is 4.80. The van der Waals surface area contributed by atoms with Gasteiger partial charge in [-0.15, -0.1) is 0 Å². The minimum Gasteiger partial charge on any atom is -0.228 e. The SMILES string of the molecule is Clc1cccc(-c2cc(-c3cccc4ccccc34)nc(-c3cccc4ccccc34)n2)c1. The Kier molecular flexibility index (Phi) is 4.86. The second-order valence-electron chi connectivity index (χ2n) is 8.03. The van der Waals surface area contributed by atoms with Crippen molar-refractivity contribution < 1.29 is 0 Å². The Morgan fingerprint density at radius 1 is 0.485 bits per heavy atom. The van der Waals surface area contributed by atoms with E-state index in [1.807, 2.05) is 24.3 Å². The van der Waals surface area contributed by atoms with Crippen molar-refractivity contribution >= 4 is 33.1 Å². The van der Waals surface area contributed by atoms with Crippen LogP contribution in [0.3, 0.4) is 0 Å². The lowest BCUT2D eigenvalue weighted by atomic mass is 9.99. The maximum atomic E-state index is 6.32. The molecule has 0 radical (unpaired) electrons. The number of halogens is 1. The lowest BCUT2D eigenvalue weighted by Crippen LogP contribution is -1.97. The maximum Gasteiger partial charge on any atom is 0.161 e. The number of hydrogen-bond acceptors (Lipinski definition) is 2. The van der Waals surface area contributed by atoms with Gasteiger partial charge in [-0.2, -0.15) is 0 Å². The van der Waals surface area contributed by atoms with Crippen molar-refractivity contribution in [2.45, 2.75) is 0 Å². The van der Waals surface area contributed by atoms with Crippen molar-refractivity contribution in [3.63, 3.8) is 0 Å². The van der Waals surface area contributed by atoms with Gasteiger partial charge < -0.3 is 0 Å². The molecular formula is C30H19ClN2. The Balaban J connectivity index is 1.66. The minimum atomic E-state index is 0.685. The van der Waals surface area contributed by atoms with Gasteiger partial charge in [0, 0.05) is 21.7 Å². The van der Waals surface area contributed by atoms with Crippen molar-refractivity contribution in [2.24, 2.45) is 0 Å². The van der Waals surface area contributed by atoms with Crippen LogP contribution < -0.4 is 0 Å². The molecule has 0 saturated heterocycles. The third-order valence-corrected chi connectivity index (χ3v) is 6.18. The standard InChI is InChI=1S/C30H19ClN2/c31-23-13-5-12-22(18-23)28-19-29(26-16-6-10-20-8-1-3-14-24(20)26)33-30(32-28)27-17-7-11-21-9-2-4-15-25(21)27/h1-19H. The molecule has 0 saturated carbocycles. The number of benzene rings is 5. The maximum absolute atomic E-state index is 6.32. The molecule has 1 aromatic heterocycles. The summed E-state index contributed by atoms with van der Waals surface area (Å²) in [5.74, 6) is 0.701. The highest BCUT2D eigenvalue weighted by Crippen LogP contribution is 2.34. The summed E-state index contributed by atoms with van der Waals surface area (Å²) >= 11 is 6.32. The molecule has 0 aliphatic carbocycles. The van der Waals surface area contributed by atoms with Gasteiger partial charge in [0.05, 0.1) is 11.4 Å². The normalized spacial score (nSPS) is 11.2. The first kappa shape index (κ1) is 19.7. The first-order valence-corrected chi connectivity index (χ1v) is 11.3. The topological polar surface area (TPSA) is 25.8 Å². The number of hydrogen-bond donors (Lipinski definition) is 0. The molecule has 0 spiro atoms. The quantitative estimate of drug-likeness (QED) is 0.275. The average molecular weight is 443 g/mol. The third-order valence-electron chi connectivity index (χ3n) is 5.94. The predicted octanol–water partition coefficient (Wildman–Crippen LogP) is 8.44. The van der Waals surface area contributed by atoms with E-state index < -0.39 is 0 Å². The molecule has 6 aromatic rings. The molecule has 0 aliphatic rings. The lowest BCUT2D eigenvalue weighted by molar-refractivity contribution is 1.19. The van der Waals surface area contributed by atoms with Crippen LogP contribution in [0.5, 0.6) is 0 Å². The van der Waals surface area contributed by atoms with Crippen LogP contribution in [0.4, 0.5) is 0 Å². The molecule has 3 heteroatoms. The molecule has 0 N–H and O–H groups in total. The van der Waals surface area contributed by atoms with E-state index in [0.29, 0.717) is 10.8 Å². The van der Waals surface area contributed by atoms with Crippen molar-refractivity contribution in [1.29, 1.82) is 0 Å². The number of fused-ring (bicyclic) bond motifs is 2. The molecule has 1 heterocycles. The van der Waals surface area contributed by atoms with E-state index in [9.17, 15) is 0 Å². The van der Waals surface area contributed by atoms with Crippen molar-refractivity contribution in [1.82, 2.24) is 9.97 Å². The number of nitrogens with zero attached hydrogens (tertiary/aromatic N) is 2. The van der Waals surface area contributed by atoms with Gasteiger partial charge in [0.1, 0.15) is 0 Å². The Morgan fingerprint density at radius 2 is 1.06 bits per heavy atom. The summed E-state index contributed by atoms with van der Waals surface area (Å²) in [4.78, 5) is 10.1. The summed E-state index contributed by atoms with van der Waals surface area (Å²) in [6.07, 6.45) is 0. The highest BCUT2D eigenvalue weighted by Gasteiger charge is 2.14. The highest BCUT2D eigenvalue weighted by molar-refractivity contribution is 6.30. The average Bonchev–Trinajstić information content (AvgIpc) is 2.88. The second-order valence-corrected chi connectivity index (χ2v) is 8.46. The van der Waals surface area contributed by atoms with Gasteiger partial charge in [-0.25, -0.2) is 9.97 Å². The molecule has 0 fully saturated rings. The van der Waals surface area contributed by atoms with Gasteiger partial charge in [-0.1, -0.05) is 109 Å². The van der Waals surface area contributed by atoms with E-state index in [1.54, 1.807) is 0 Å². The zero-order chi connectivity index (χ0) is 22.2. The van der Waals surface area contributed by atoms with Crippen molar-refractivity contribution in [3.05, 3.63) is 120 Å². The first-order valence-electron chi connectivity index (χ1n) is 10.9. The molecule has 6 rings (SSSR count). The van der Waals surface area contributed by atoms with E-state index >= 15 is 0 Å². The van der Waals surface area contributed by atoms with E-state index in [4.69, 9.17) is 21.6 Å². The molecule has 33 heavy (non-hydrogen) atoms. The zero-order valence-electron chi connectivity index (χ0n) is 17.7.